The van der Waals surface area contributed by atoms with Gasteiger partial charge in [0.15, 0.2) is 0 Å². The van der Waals surface area contributed by atoms with Crippen LogP contribution in [0.3, 0.4) is 0 Å². The van der Waals surface area contributed by atoms with E-state index in [-0.39, 0.29) is 17.7 Å². The van der Waals surface area contributed by atoms with Gasteiger partial charge in [0.25, 0.3) is 11.8 Å². The molecule has 0 aliphatic carbocycles. The number of carbonyl (C=O) groups is 2. The molecule has 2 amide bonds. The standard InChI is InChI=1S/C22H19NO2/c1-14(2)13-23-21(24)18-12-16-10-6-7-11-17(16)19(20(18)22(23)25)15-8-4-3-5-9-15/h3-12,14H,13H2,1-2H3. The largest absolute Gasteiger partial charge is 0.274 e. The molecule has 1 aliphatic heterocycles. The van der Waals surface area contributed by atoms with E-state index in [0.29, 0.717) is 17.7 Å². The van der Waals surface area contributed by atoms with Gasteiger partial charge in [-0.1, -0.05) is 68.4 Å². The molecule has 25 heavy (non-hydrogen) atoms. The summed E-state index contributed by atoms with van der Waals surface area (Å²) in [4.78, 5) is 27.4. The zero-order valence-corrected chi connectivity index (χ0v) is 14.3. The summed E-state index contributed by atoms with van der Waals surface area (Å²) in [7, 11) is 0. The molecular weight excluding hydrogens is 310 g/mol. The van der Waals surface area contributed by atoms with Gasteiger partial charge >= 0.3 is 0 Å². The topological polar surface area (TPSA) is 37.4 Å². The highest BCUT2D eigenvalue weighted by Gasteiger charge is 2.38. The average molecular weight is 329 g/mol. The molecule has 3 nitrogen and oxygen atoms in total. The van der Waals surface area contributed by atoms with Crippen molar-refractivity contribution < 1.29 is 9.59 Å². The number of rotatable bonds is 3. The lowest BCUT2D eigenvalue weighted by Gasteiger charge is -2.16. The third kappa shape index (κ3) is 2.43. The van der Waals surface area contributed by atoms with Gasteiger partial charge in [0.05, 0.1) is 11.1 Å². The molecule has 0 bridgehead atoms. The molecule has 0 fully saturated rings. The van der Waals surface area contributed by atoms with E-state index in [2.05, 4.69) is 0 Å². The van der Waals surface area contributed by atoms with Crippen molar-refractivity contribution in [1.29, 1.82) is 0 Å². The van der Waals surface area contributed by atoms with Gasteiger partial charge in [-0.15, -0.1) is 0 Å². The third-order valence-electron chi connectivity index (χ3n) is 4.59. The fourth-order valence-corrected chi connectivity index (χ4v) is 3.55. The molecule has 0 saturated heterocycles. The Bertz CT molecular complexity index is 990. The molecule has 0 saturated carbocycles. The van der Waals surface area contributed by atoms with Crippen molar-refractivity contribution in [2.75, 3.05) is 6.54 Å². The molecule has 3 heteroatoms. The lowest BCUT2D eigenvalue weighted by Crippen LogP contribution is -2.33. The molecule has 3 aromatic rings. The van der Waals surface area contributed by atoms with Gasteiger partial charge in [0.2, 0.25) is 0 Å². The zero-order valence-electron chi connectivity index (χ0n) is 14.3. The predicted octanol–water partition coefficient (Wildman–Crippen LogP) is 4.76. The van der Waals surface area contributed by atoms with E-state index in [1.165, 1.54) is 4.90 Å². The summed E-state index contributed by atoms with van der Waals surface area (Å²) in [5.74, 6) is -0.133. The van der Waals surface area contributed by atoms with Crippen LogP contribution in [0, 0.1) is 5.92 Å². The Balaban J connectivity index is 2.04. The lowest BCUT2D eigenvalue weighted by molar-refractivity contribution is 0.0636. The first-order chi connectivity index (χ1) is 12.1. The van der Waals surface area contributed by atoms with Crippen LogP contribution in [0.5, 0.6) is 0 Å². The van der Waals surface area contributed by atoms with Crippen LogP contribution in [-0.4, -0.2) is 23.3 Å². The van der Waals surface area contributed by atoms with Crippen LogP contribution in [0.25, 0.3) is 21.9 Å². The summed E-state index contributed by atoms with van der Waals surface area (Å²) >= 11 is 0. The van der Waals surface area contributed by atoms with Gasteiger partial charge in [-0.25, -0.2) is 0 Å². The number of carbonyl (C=O) groups excluding carboxylic acids is 2. The number of hydrogen-bond acceptors (Lipinski definition) is 2. The van der Waals surface area contributed by atoms with Crippen LogP contribution in [0.1, 0.15) is 34.6 Å². The van der Waals surface area contributed by atoms with Crippen molar-refractivity contribution in [1.82, 2.24) is 4.90 Å². The number of benzene rings is 3. The molecular formula is C22H19NO2. The highest BCUT2D eigenvalue weighted by molar-refractivity contribution is 6.27. The van der Waals surface area contributed by atoms with Crippen LogP contribution in [-0.2, 0) is 0 Å². The Morgan fingerprint density at radius 1 is 0.840 bits per heavy atom. The van der Waals surface area contributed by atoms with Gasteiger partial charge in [-0.05, 0) is 28.3 Å². The minimum atomic E-state index is -0.184. The van der Waals surface area contributed by atoms with Crippen molar-refractivity contribution >= 4 is 22.6 Å². The highest BCUT2D eigenvalue weighted by atomic mass is 16.2. The van der Waals surface area contributed by atoms with E-state index in [1.54, 1.807) is 0 Å². The van der Waals surface area contributed by atoms with Gasteiger partial charge in [0.1, 0.15) is 0 Å². The summed E-state index contributed by atoms with van der Waals surface area (Å²) in [5.41, 5.74) is 2.88. The Morgan fingerprint density at radius 2 is 1.52 bits per heavy atom. The second-order valence-electron chi connectivity index (χ2n) is 6.88. The van der Waals surface area contributed by atoms with Crippen LogP contribution in [0.4, 0.5) is 0 Å². The van der Waals surface area contributed by atoms with Gasteiger partial charge in [-0.3, -0.25) is 14.5 Å². The maximum absolute atomic E-state index is 13.1. The third-order valence-corrected chi connectivity index (χ3v) is 4.59. The Hall–Kier alpha value is -2.94. The highest BCUT2D eigenvalue weighted by Crippen LogP contribution is 2.39. The molecule has 0 N–H and O–H groups in total. The summed E-state index contributed by atoms with van der Waals surface area (Å²) in [5, 5.41) is 1.98. The molecule has 0 unspecified atom stereocenters. The van der Waals surface area contributed by atoms with Gasteiger partial charge in [-0.2, -0.15) is 0 Å². The first-order valence-corrected chi connectivity index (χ1v) is 8.55. The van der Waals surface area contributed by atoms with Crippen LogP contribution in [0.2, 0.25) is 0 Å². The maximum Gasteiger partial charge on any atom is 0.262 e. The molecule has 4 rings (SSSR count). The van der Waals surface area contributed by atoms with Crippen molar-refractivity contribution in [3.05, 3.63) is 71.8 Å². The summed E-state index contributed by atoms with van der Waals surface area (Å²) in [6.45, 7) is 4.47. The van der Waals surface area contributed by atoms with E-state index < -0.39 is 0 Å². The minimum absolute atomic E-state index is 0.182. The average Bonchev–Trinajstić information content (AvgIpc) is 2.85. The monoisotopic (exact) mass is 329 g/mol. The number of nitrogens with zero attached hydrogens (tertiary/aromatic N) is 1. The number of fused-ring (bicyclic) bond motifs is 2. The Morgan fingerprint density at radius 3 is 2.24 bits per heavy atom. The van der Waals surface area contributed by atoms with Crippen molar-refractivity contribution in [2.24, 2.45) is 5.92 Å². The smallest absolute Gasteiger partial charge is 0.262 e. The Kier molecular flexibility index (Phi) is 3.65. The van der Waals surface area contributed by atoms with E-state index >= 15 is 0 Å². The van der Waals surface area contributed by atoms with Gasteiger partial charge in [0, 0.05) is 12.1 Å². The zero-order chi connectivity index (χ0) is 17.6. The molecule has 3 aromatic carbocycles. The van der Waals surface area contributed by atoms with E-state index in [9.17, 15) is 9.59 Å². The van der Waals surface area contributed by atoms with Crippen molar-refractivity contribution in [3.63, 3.8) is 0 Å². The SMILES string of the molecule is CC(C)CN1C(=O)c2cc3ccccc3c(-c3ccccc3)c2C1=O. The summed E-state index contributed by atoms with van der Waals surface area (Å²) in [6.07, 6.45) is 0. The predicted molar refractivity (Wildman–Crippen MR) is 99.6 cm³/mol. The summed E-state index contributed by atoms with van der Waals surface area (Å²) < 4.78 is 0. The number of imide groups is 1. The van der Waals surface area contributed by atoms with E-state index in [4.69, 9.17) is 0 Å². The van der Waals surface area contributed by atoms with Crippen molar-refractivity contribution in [3.8, 4) is 11.1 Å². The molecule has 0 aromatic heterocycles. The van der Waals surface area contributed by atoms with Crippen molar-refractivity contribution in [2.45, 2.75) is 13.8 Å². The molecule has 1 aliphatic rings. The number of amides is 2. The molecule has 0 radical (unpaired) electrons. The first-order valence-electron chi connectivity index (χ1n) is 8.55. The van der Waals surface area contributed by atoms with Crippen LogP contribution in [0.15, 0.2) is 60.7 Å². The molecule has 0 spiro atoms. The fourth-order valence-electron chi connectivity index (χ4n) is 3.55. The minimum Gasteiger partial charge on any atom is -0.274 e. The van der Waals surface area contributed by atoms with Crippen LogP contribution < -0.4 is 0 Å². The second kappa shape index (κ2) is 5.85. The maximum atomic E-state index is 13.1. The van der Waals surface area contributed by atoms with E-state index in [1.807, 2.05) is 74.5 Å². The Labute approximate surface area is 146 Å². The molecule has 1 heterocycles. The normalized spacial score (nSPS) is 13.8. The fraction of sp³-hybridized carbons (Fsp3) is 0.182. The second-order valence-corrected chi connectivity index (χ2v) is 6.88. The van der Waals surface area contributed by atoms with Crippen LogP contribution >= 0.6 is 0 Å². The van der Waals surface area contributed by atoms with Gasteiger partial charge < -0.3 is 0 Å². The lowest BCUT2D eigenvalue weighted by atomic mass is 9.90. The molecule has 124 valence electrons. The summed E-state index contributed by atoms with van der Waals surface area (Å²) in [6, 6.07) is 19.6. The molecule has 0 atom stereocenters. The van der Waals surface area contributed by atoms with E-state index in [0.717, 1.165) is 21.9 Å². The quantitative estimate of drug-likeness (QED) is 0.650. The number of hydrogen-bond donors (Lipinski definition) is 0. The first kappa shape index (κ1) is 15.6.